The Morgan fingerprint density at radius 1 is 0.377 bits per heavy atom. The van der Waals surface area contributed by atoms with Crippen molar-refractivity contribution >= 4 is 76.3 Å². The van der Waals surface area contributed by atoms with Crippen LogP contribution >= 0.6 is 0 Å². The van der Waals surface area contributed by atoms with Crippen LogP contribution in [0.4, 0.5) is 0 Å². The van der Waals surface area contributed by atoms with E-state index in [0.717, 1.165) is 82.3 Å². The molecule has 7 nitrogen and oxygen atoms in total. The lowest BCUT2D eigenvalue weighted by atomic mass is 9.97. The van der Waals surface area contributed by atoms with Gasteiger partial charge in [-0.1, -0.05) is 140 Å². The molecule has 13 rings (SSSR count). The van der Waals surface area contributed by atoms with E-state index >= 15 is 0 Å². The molecule has 4 aromatic heterocycles. The van der Waals surface area contributed by atoms with Gasteiger partial charge in [0.1, 0.15) is 5.52 Å². The van der Waals surface area contributed by atoms with Crippen molar-refractivity contribution in [2.24, 2.45) is 0 Å². The molecule has 9 aromatic carbocycles. The Hall–Kier alpha value is -8.42. The molecule has 0 saturated heterocycles. The summed E-state index contributed by atoms with van der Waals surface area (Å²) in [7, 11) is 0. The average Bonchev–Trinajstić information content (AvgIpc) is 4.02. The molecule has 0 unspecified atom stereocenters. The van der Waals surface area contributed by atoms with Gasteiger partial charge in [-0.15, -0.1) is 0 Å². The summed E-state index contributed by atoms with van der Waals surface area (Å²) < 4.78 is 11.2. The Morgan fingerprint density at radius 2 is 0.951 bits per heavy atom. The quantitative estimate of drug-likeness (QED) is 0.163. The zero-order valence-electron chi connectivity index (χ0n) is 32.6. The highest BCUT2D eigenvalue weighted by Gasteiger charge is 2.25. The van der Waals surface area contributed by atoms with E-state index < -0.39 is 0 Å². The average molecular weight is 781 g/mol. The molecule has 0 fully saturated rings. The lowest BCUT2D eigenvalue weighted by Gasteiger charge is -2.14. The van der Waals surface area contributed by atoms with E-state index in [9.17, 15) is 0 Å². The summed E-state index contributed by atoms with van der Waals surface area (Å²) in [4.78, 5) is 21.3. The molecular formula is C54H32N6O. The summed E-state index contributed by atoms with van der Waals surface area (Å²) >= 11 is 0. The summed E-state index contributed by atoms with van der Waals surface area (Å²) in [5, 5.41) is 9.00. The molecular weight excluding hydrogens is 749 g/mol. The first-order chi connectivity index (χ1) is 30.3. The summed E-state index contributed by atoms with van der Waals surface area (Å²) in [6, 6.07) is 67.4. The molecule has 0 aliphatic heterocycles. The minimum Gasteiger partial charge on any atom is -0.435 e. The lowest BCUT2D eigenvalue weighted by molar-refractivity contribution is 0.620. The van der Waals surface area contributed by atoms with Gasteiger partial charge in [-0.05, 0) is 76.1 Å². The van der Waals surface area contributed by atoms with Gasteiger partial charge in [0.25, 0.3) is 0 Å². The molecule has 0 aliphatic rings. The van der Waals surface area contributed by atoms with Gasteiger partial charge in [0.2, 0.25) is 11.8 Å². The van der Waals surface area contributed by atoms with Crippen molar-refractivity contribution in [3.8, 4) is 45.9 Å². The summed E-state index contributed by atoms with van der Waals surface area (Å²) in [6.07, 6.45) is 0. The smallest absolute Gasteiger partial charge is 0.238 e. The fraction of sp³-hybridized carbons (Fsp3) is 0. The van der Waals surface area contributed by atoms with Crippen LogP contribution in [0.5, 0.6) is 0 Å². The number of oxazole rings is 1. The van der Waals surface area contributed by atoms with Crippen molar-refractivity contribution in [2.45, 2.75) is 0 Å². The third-order valence-corrected chi connectivity index (χ3v) is 12.0. The van der Waals surface area contributed by atoms with Crippen LogP contribution in [0.3, 0.4) is 0 Å². The largest absolute Gasteiger partial charge is 0.435 e. The Morgan fingerprint density at radius 3 is 1.69 bits per heavy atom. The van der Waals surface area contributed by atoms with E-state index in [-0.39, 0.29) is 0 Å². The number of rotatable bonds is 5. The van der Waals surface area contributed by atoms with Crippen LogP contribution in [0, 0.1) is 0 Å². The lowest BCUT2D eigenvalue weighted by Crippen LogP contribution is -2.07. The molecule has 13 aromatic rings. The zero-order valence-corrected chi connectivity index (χ0v) is 32.6. The molecule has 0 aliphatic carbocycles. The van der Waals surface area contributed by atoms with Crippen molar-refractivity contribution in [3.05, 3.63) is 194 Å². The van der Waals surface area contributed by atoms with E-state index in [1.54, 1.807) is 0 Å². The van der Waals surface area contributed by atoms with Gasteiger partial charge in [0.05, 0.1) is 27.6 Å². The Labute approximate surface area is 348 Å². The first kappa shape index (κ1) is 33.5. The predicted octanol–water partition coefficient (Wildman–Crippen LogP) is 13.5. The monoisotopic (exact) mass is 780 g/mol. The number of nitrogens with zero attached hydrogens (tertiary/aromatic N) is 6. The van der Waals surface area contributed by atoms with Crippen LogP contribution < -0.4 is 0 Å². The van der Waals surface area contributed by atoms with Crippen LogP contribution in [0.1, 0.15) is 0 Å². The maximum atomic E-state index is 6.62. The van der Waals surface area contributed by atoms with Gasteiger partial charge >= 0.3 is 0 Å². The highest BCUT2D eigenvalue weighted by atomic mass is 16.3. The van der Waals surface area contributed by atoms with Gasteiger partial charge in [-0.25, -0.2) is 9.97 Å². The number of aromatic nitrogens is 6. The normalized spacial score (nSPS) is 11.9. The highest BCUT2D eigenvalue weighted by molar-refractivity contribution is 6.24. The molecule has 0 bridgehead atoms. The molecule has 4 heterocycles. The second kappa shape index (κ2) is 13.0. The molecule has 0 radical (unpaired) electrons. The molecule has 7 heteroatoms. The van der Waals surface area contributed by atoms with Crippen molar-refractivity contribution in [1.82, 2.24) is 29.1 Å². The van der Waals surface area contributed by atoms with E-state index in [0.29, 0.717) is 29.1 Å². The maximum Gasteiger partial charge on any atom is 0.238 e. The van der Waals surface area contributed by atoms with E-state index in [1.165, 1.54) is 10.8 Å². The molecule has 0 saturated carbocycles. The van der Waals surface area contributed by atoms with Crippen LogP contribution in [0.15, 0.2) is 199 Å². The van der Waals surface area contributed by atoms with Gasteiger partial charge in [-0.2, -0.15) is 9.97 Å². The van der Waals surface area contributed by atoms with Gasteiger partial charge in [0, 0.05) is 38.4 Å². The van der Waals surface area contributed by atoms with Crippen LogP contribution in [-0.2, 0) is 0 Å². The summed E-state index contributed by atoms with van der Waals surface area (Å²) in [5.74, 6) is 2.08. The van der Waals surface area contributed by atoms with Gasteiger partial charge < -0.3 is 8.98 Å². The number of benzene rings is 9. The minimum absolute atomic E-state index is 0.486. The van der Waals surface area contributed by atoms with Crippen molar-refractivity contribution in [2.75, 3.05) is 0 Å². The molecule has 0 amide bonds. The summed E-state index contributed by atoms with van der Waals surface area (Å²) in [5.41, 5.74) is 9.15. The van der Waals surface area contributed by atoms with Crippen molar-refractivity contribution < 1.29 is 4.42 Å². The fourth-order valence-electron chi connectivity index (χ4n) is 9.33. The van der Waals surface area contributed by atoms with Gasteiger partial charge in [0.15, 0.2) is 17.2 Å². The van der Waals surface area contributed by atoms with Crippen LogP contribution in [0.2, 0.25) is 0 Å². The van der Waals surface area contributed by atoms with E-state index in [2.05, 4.69) is 155 Å². The molecule has 0 N–H and O–H groups in total. The fourth-order valence-corrected chi connectivity index (χ4v) is 9.33. The Kier molecular flexibility index (Phi) is 7.17. The van der Waals surface area contributed by atoms with Crippen molar-refractivity contribution in [1.29, 1.82) is 0 Å². The first-order valence-corrected chi connectivity index (χ1v) is 20.4. The standard InChI is InChI=1S/C54H32N6O/c1-3-16-33(17-4-1)53-55-45-27-15-26-43(50(45)61-53)51-56-52(44-32-34-18-7-8-21-36(34)37-22-9-10-23-38(37)44)58-54(57-51)60-47-29-14-12-25-40(47)42-31-30-41-39-24-11-13-28-46(39)59(48(41)49(42)60)35-19-5-2-6-20-35/h1-32H. The summed E-state index contributed by atoms with van der Waals surface area (Å²) in [6.45, 7) is 0. The van der Waals surface area contributed by atoms with E-state index in [4.69, 9.17) is 24.4 Å². The first-order valence-electron chi connectivity index (χ1n) is 20.4. The maximum absolute atomic E-state index is 6.62. The topological polar surface area (TPSA) is 74.6 Å². The highest BCUT2D eigenvalue weighted by Crippen LogP contribution is 2.42. The minimum atomic E-state index is 0.486. The number of hydrogen-bond acceptors (Lipinski definition) is 5. The Balaban J connectivity index is 1.18. The molecule has 0 atom stereocenters. The van der Waals surface area contributed by atoms with Gasteiger partial charge in [-0.3, -0.25) is 4.57 Å². The molecule has 0 spiro atoms. The van der Waals surface area contributed by atoms with E-state index in [1.807, 2.05) is 48.5 Å². The molecule has 61 heavy (non-hydrogen) atoms. The number of para-hydroxylation sites is 4. The number of fused-ring (bicyclic) bond motifs is 11. The third kappa shape index (κ3) is 5.04. The van der Waals surface area contributed by atoms with Crippen molar-refractivity contribution in [3.63, 3.8) is 0 Å². The second-order valence-corrected chi connectivity index (χ2v) is 15.4. The van der Waals surface area contributed by atoms with Crippen LogP contribution in [0.25, 0.3) is 122 Å². The van der Waals surface area contributed by atoms with Crippen LogP contribution in [-0.4, -0.2) is 29.1 Å². The second-order valence-electron chi connectivity index (χ2n) is 15.4. The number of hydrogen-bond donors (Lipinski definition) is 0. The predicted molar refractivity (Wildman–Crippen MR) is 247 cm³/mol. The Bertz CT molecular complexity index is 3880. The zero-order chi connectivity index (χ0) is 40.0. The SMILES string of the molecule is c1ccc(-c2nc3cccc(-c4nc(-c5cc6ccccc6c6ccccc56)nc(-n5c6ccccc6c6ccc7c8ccccc8n(-c8ccccc8)c7c65)n4)c3o2)cc1. The molecule has 284 valence electrons. The third-order valence-electron chi connectivity index (χ3n) is 12.0.